The van der Waals surface area contributed by atoms with Gasteiger partial charge in [-0.25, -0.2) is 0 Å². The van der Waals surface area contributed by atoms with Crippen molar-refractivity contribution in [1.82, 2.24) is 5.32 Å². The number of nitrogens with one attached hydrogen (secondary N) is 1. The summed E-state index contributed by atoms with van der Waals surface area (Å²) in [7, 11) is -3.67. The van der Waals surface area contributed by atoms with Crippen LogP contribution >= 0.6 is 17.0 Å². The highest BCUT2D eigenvalue weighted by Gasteiger charge is 2.28. The Kier molecular flexibility index (Phi) is 11.2. The van der Waals surface area contributed by atoms with Crippen LogP contribution in [-0.4, -0.2) is 51.6 Å². The Morgan fingerprint density at radius 1 is 1.14 bits per heavy atom. The molecule has 2 N–H and O–H groups in total. The van der Waals surface area contributed by atoms with Crippen LogP contribution in [0.15, 0.2) is 54.6 Å². The van der Waals surface area contributed by atoms with E-state index in [4.69, 9.17) is 18.8 Å². The fourth-order valence-electron chi connectivity index (χ4n) is 2.74. The summed E-state index contributed by atoms with van der Waals surface area (Å²) < 4.78 is 43.8. The van der Waals surface area contributed by atoms with E-state index in [1.165, 1.54) is 0 Å². The number of hydrogen-bond donors (Lipinski definition) is 2. The van der Waals surface area contributed by atoms with Crippen LogP contribution in [0.4, 0.5) is 0 Å². The van der Waals surface area contributed by atoms with Gasteiger partial charge in [-0.3, -0.25) is 4.55 Å². The molecule has 0 amide bonds. The lowest BCUT2D eigenvalue weighted by Gasteiger charge is -2.32. The molecule has 0 radical (unpaired) electrons. The highest BCUT2D eigenvalue weighted by Crippen LogP contribution is 2.33. The third-order valence-corrected chi connectivity index (χ3v) is 3.83. The minimum Gasteiger partial charge on any atom is -0.490 e. The Hall–Kier alpha value is -1.65. The highest BCUT2D eigenvalue weighted by atomic mass is 79.9. The second-order valence-electron chi connectivity index (χ2n) is 6.18. The van der Waals surface area contributed by atoms with Crippen molar-refractivity contribution in [2.45, 2.75) is 19.1 Å². The topological polar surface area (TPSA) is 94.1 Å². The summed E-state index contributed by atoms with van der Waals surface area (Å²) in [6.07, 6.45) is 0.513. The Morgan fingerprint density at radius 3 is 2.28 bits per heavy atom. The molecule has 2 aromatic rings. The van der Waals surface area contributed by atoms with Gasteiger partial charge in [0.05, 0.1) is 19.5 Å². The lowest BCUT2D eigenvalue weighted by Crippen LogP contribution is -2.43. The molecule has 2 aromatic carbocycles. The zero-order valence-corrected chi connectivity index (χ0v) is 19.0. The second-order valence-corrected chi connectivity index (χ2v) is 7.64. The fraction of sp³-hybridized carbons (Fsp3) is 0.400. The average Bonchev–Trinajstić information content (AvgIpc) is 2.67. The van der Waals surface area contributed by atoms with Gasteiger partial charge in [0, 0.05) is 13.1 Å². The van der Waals surface area contributed by atoms with E-state index in [-0.39, 0.29) is 29.2 Å². The van der Waals surface area contributed by atoms with Crippen LogP contribution in [0.2, 0.25) is 0 Å². The Morgan fingerprint density at radius 2 is 1.72 bits per heavy atom. The first-order valence-electron chi connectivity index (χ1n) is 9.06. The van der Waals surface area contributed by atoms with Crippen LogP contribution < -0.4 is 14.8 Å². The first-order chi connectivity index (χ1) is 13.4. The van der Waals surface area contributed by atoms with Gasteiger partial charge in [-0.15, -0.1) is 17.0 Å². The first-order valence-corrected chi connectivity index (χ1v) is 10.9. The number of para-hydroxylation sites is 2. The van der Waals surface area contributed by atoms with Crippen molar-refractivity contribution in [3.63, 3.8) is 0 Å². The number of morpholine rings is 1. The smallest absolute Gasteiger partial charge is 0.261 e. The number of halogens is 1. The van der Waals surface area contributed by atoms with Crippen molar-refractivity contribution in [1.29, 1.82) is 0 Å². The standard InChI is InChI=1S/C19H23NO3.CH4O3S.BrH/c1-2-21-16-10-6-7-11-17(16)23-19(15-8-4-3-5-9-15)18-14-20-12-13-22-18;1-5(2,3)4;/h3-11,18-20H,2,12-14H2,1H3;1H3,(H,2,3,4);1H/t18-,19-;;/m1../s1. The van der Waals surface area contributed by atoms with E-state index < -0.39 is 10.1 Å². The molecule has 0 aromatic heterocycles. The molecule has 2 atom stereocenters. The lowest BCUT2D eigenvalue weighted by molar-refractivity contribution is -0.0439. The van der Waals surface area contributed by atoms with E-state index in [0.717, 1.165) is 30.2 Å². The van der Waals surface area contributed by atoms with Crippen LogP contribution in [0.25, 0.3) is 0 Å². The van der Waals surface area contributed by atoms with Gasteiger partial charge in [0.1, 0.15) is 6.10 Å². The Labute approximate surface area is 182 Å². The van der Waals surface area contributed by atoms with Crippen molar-refractivity contribution in [3.8, 4) is 11.5 Å². The van der Waals surface area contributed by atoms with Gasteiger partial charge in [0.2, 0.25) is 0 Å². The molecule has 0 saturated carbocycles. The molecule has 1 saturated heterocycles. The summed E-state index contributed by atoms with van der Waals surface area (Å²) in [4.78, 5) is 0. The van der Waals surface area contributed by atoms with E-state index in [2.05, 4.69) is 17.4 Å². The maximum atomic E-state index is 9.19. The molecule has 9 heteroatoms. The minimum absolute atomic E-state index is 0. The molecule has 3 rings (SSSR count). The quantitative estimate of drug-likeness (QED) is 0.601. The van der Waals surface area contributed by atoms with Gasteiger partial charge in [-0.1, -0.05) is 42.5 Å². The van der Waals surface area contributed by atoms with Gasteiger partial charge < -0.3 is 19.5 Å². The van der Waals surface area contributed by atoms with Crippen molar-refractivity contribution in [2.24, 2.45) is 0 Å². The molecule has 1 fully saturated rings. The molecule has 0 unspecified atom stereocenters. The Balaban J connectivity index is 0.000000628. The number of rotatable bonds is 6. The molecule has 1 aliphatic heterocycles. The normalized spacial score (nSPS) is 17.1. The van der Waals surface area contributed by atoms with E-state index in [9.17, 15) is 8.42 Å². The number of benzene rings is 2. The lowest BCUT2D eigenvalue weighted by atomic mass is 10.0. The number of hydrogen-bond acceptors (Lipinski definition) is 6. The summed E-state index contributed by atoms with van der Waals surface area (Å²) in [5.74, 6) is 1.51. The van der Waals surface area contributed by atoms with Crippen LogP contribution in [-0.2, 0) is 14.9 Å². The van der Waals surface area contributed by atoms with Crippen molar-refractivity contribution in [3.05, 3.63) is 60.2 Å². The average molecular weight is 490 g/mol. The summed E-state index contributed by atoms with van der Waals surface area (Å²) in [5.41, 5.74) is 1.10. The van der Waals surface area contributed by atoms with E-state index in [1.807, 2.05) is 49.4 Å². The minimum atomic E-state index is -3.67. The first kappa shape index (κ1) is 25.4. The van der Waals surface area contributed by atoms with Crippen LogP contribution in [0.1, 0.15) is 18.6 Å². The van der Waals surface area contributed by atoms with Gasteiger partial charge in [0.15, 0.2) is 17.6 Å². The van der Waals surface area contributed by atoms with Gasteiger partial charge in [-0.2, -0.15) is 8.42 Å². The molecule has 29 heavy (non-hydrogen) atoms. The monoisotopic (exact) mass is 489 g/mol. The highest BCUT2D eigenvalue weighted by molar-refractivity contribution is 8.93. The predicted octanol–water partition coefficient (Wildman–Crippen LogP) is 3.28. The van der Waals surface area contributed by atoms with E-state index >= 15 is 0 Å². The van der Waals surface area contributed by atoms with Gasteiger partial charge in [0.25, 0.3) is 10.1 Å². The van der Waals surface area contributed by atoms with Gasteiger partial charge in [-0.05, 0) is 24.6 Å². The largest absolute Gasteiger partial charge is 0.490 e. The maximum absolute atomic E-state index is 9.19. The number of ether oxygens (including phenoxy) is 3. The van der Waals surface area contributed by atoms with Crippen molar-refractivity contribution < 1.29 is 27.2 Å². The third kappa shape index (κ3) is 9.60. The van der Waals surface area contributed by atoms with Gasteiger partial charge >= 0.3 is 0 Å². The third-order valence-electron chi connectivity index (χ3n) is 3.83. The molecule has 0 spiro atoms. The molecule has 0 bridgehead atoms. The molecule has 162 valence electrons. The predicted molar refractivity (Wildman–Crippen MR) is 118 cm³/mol. The summed E-state index contributed by atoms with van der Waals surface area (Å²) in [5, 5.41) is 3.37. The SMILES string of the molecule is Br.CCOc1ccccc1O[C@H](c1ccccc1)[C@H]1CNCCO1.CS(=O)(=O)O. The molecule has 0 aliphatic carbocycles. The van der Waals surface area contributed by atoms with Crippen LogP contribution in [0.3, 0.4) is 0 Å². The van der Waals surface area contributed by atoms with Crippen LogP contribution in [0.5, 0.6) is 11.5 Å². The van der Waals surface area contributed by atoms with E-state index in [1.54, 1.807) is 0 Å². The summed E-state index contributed by atoms with van der Waals surface area (Å²) >= 11 is 0. The molecule has 7 nitrogen and oxygen atoms in total. The van der Waals surface area contributed by atoms with E-state index in [0.29, 0.717) is 19.5 Å². The Bertz CT molecular complexity index is 805. The fourth-order valence-corrected chi connectivity index (χ4v) is 2.74. The molecular formula is C20H28BrNO6S. The molecular weight excluding hydrogens is 462 g/mol. The second kappa shape index (κ2) is 12.8. The zero-order chi connectivity index (χ0) is 20.4. The molecule has 1 heterocycles. The van der Waals surface area contributed by atoms with Crippen LogP contribution in [0, 0.1) is 0 Å². The summed E-state index contributed by atoms with van der Waals surface area (Å²) in [6, 6.07) is 18.0. The maximum Gasteiger partial charge on any atom is 0.261 e. The van der Waals surface area contributed by atoms with Crippen molar-refractivity contribution >= 4 is 27.1 Å². The summed E-state index contributed by atoms with van der Waals surface area (Å²) in [6.45, 7) is 4.94. The van der Waals surface area contributed by atoms with Crippen molar-refractivity contribution in [2.75, 3.05) is 32.6 Å². The zero-order valence-electron chi connectivity index (χ0n) is 16.5. The molecule has 1 aliphatic rings.